The first-order valence-corrected chi connectivity index (χ1v) is 6.35. The van der Waals surface area contributed by atoms with E-state index in [1.54, 1.807) is 18.2 Å². The predicted molar refractivity (Wildman–Crippen MR) is 77.6 cm³/mol. The Morgan fingerprint density at radius 2 is 2.21 bits per heavy atom. The van der Waals surface area contributed by atoms with Crippen molar-refractivity contribution in [1.29, 1.82) is 0 Å². The number of carbonyl (C=O) groups excluding carboxylic acids is 1. The Morgan fingerprint density at radius 3 is 2.74 bits per heavy atom. The molecule has 0 radical (unpaired) electrons. The van der Waals surface area contributed by atoms with E-state index in [0.29, 0.717) is 6.54 Å². The van der Waals surface area contributed by atoms with Crippen molar-refractivity contribution in [3.63, 3.8) is 0 Å². The molecule has 0 aliphatic rings. The van der Waals surface area contributed by atoms with E-state index >= 15 is 0 Å². The van der Waals surface area contributed by atoms with Crippen LogP contribution in [0.5, 0.6) is 11.5 Å². The average Bonchev–Trinajstić information content (AvgIpc) is 2.37. The second-order valence-corrected chi connectivity index (χ2v) is 4.57. The number of rotatable bonds is 6. The second kappa shape index (κ2) is 6.94. The zero-order chi connectivity index (χ0) is 14.4. The van der Waals surface area contributed by atoms with E-state index in [1.165, 1.54) is 12.0 Å². The number of ether oxygens (including phenoxy) is 1. The molecule has 0 fully saturated rings. The monoisotopic (exact) mass is 282 g/mol. The quantitative estimate of drug-likeness (QED) is 0.774. The van der Waals surface area contributed by atoms with Crippen LogP contribution in [-0.2, 0) is 0 Å². The Labute approximate surface area is 118 Å². The van der Waals surface area contributed by atoms with Gasteiger partial charge in [-0.05, 0) is 18.6 Å². The van der Waals surface area contributed by atoms with E-state index < -0.39 is 0 Å². The average molecular weight is 282 g/mol. The van der Waals surface area contributed by atoms with Gasteiger partial charge in [-0.25, -0.2) is 0 Å². The smallest absolute Gasteiger partial charge is 0.258 e. The first-order valence-electron chi connectivity index (χ1n) is 5.94. The van der Waals surface area contributed by atoms with Crippen molar-refractivity contribution in [3.05, 3.63) is 23.8 Å². The number of thiocarbonyl (C=S) groups is 1. The Balaban J connectivity index is 3.05. The lowest BCUT2D eigenvalue weighted by Gasteiger charge is -2.22. The van der Waals surface area contributed by atoms with Gasteiger partial charge in [-0.2, -0.15) is 0 Å². The molecule has 104 valence electrons. The van der Waals surface area contributed by atoms with E-state index in [9.17, 15) is 9.90 Å². The van der Waals surface area contributed by atoms with Gasteiger partial charge in [0.2, 0.25) is 0 Å². The summed E-state index contributed by atoms with van der Waals surface area (Å²) >= 11 is 4.83. The summed E-state index contributed by atoms with van der Waals surface area (Å²) < 4.78 is 4.99. The molecule has 0 saturated carbocycles. The summed E-state index contributed by atoms with van der Waals surface area (Å²) in [6.07, 6.45) is 0.777. The van der Waals surface area contributed by atoms with Crippen molar-refractivity contribution in [3.8, 4) is 11.5 Å². The van der Waals surface area contributed by atoms with Crippen LogP contribution in [0.4, 0.5) is 0 Å². The number of para-hydroxylation sites is 1. The molecule has 19 heavy (non-hydrogen) atoms. The highest BCUT2D eigenvalue weighted by atomic mass is 32.1. The summed E-state index contributed by atoms with van der Waals surface area (Å²) in [6, 6.07) is 4.78. The molecule has 1 aromatic rings. The number of nitrogens with two attached hydrogens (primary N) is 1. The zero-order valence-corrected chi connectivity index (χ0v) is 11.9. The highest BCUT2D eigenvalue weighted by Gasteiger charge is 2.20. The van der Waals surface area contributed by atoms with E-state index in [2.05, 4.69) is 0 Å². The summed E-state index contributed by atoms with van der Waals surface area (Å²) in [6.45, 7) is 2.66. The molecule has 0 spiro atoms. The predicted octanol–water partition coefficient (Wildman–Crippen LogP) is 1.54. The van der Waals surface area contributed by atoms with E-state index in [1.807, 2.05) is 6.92 Å². The Morgan fingerprint density at radius 1 is 1.53 bits per heavy atom. The number of nitrogens with zero attached hydrogens (tertiary/aromatic N) is 1. The lowest BCUT2D eigenvalue weighted by Crippen LogP contribution is -2.38. The third kappa shape index (κ3) is 3.82. The topological polar surface area (TPSA) is 75.8 Å². The summed E-state index contributed by atoms with van der Waals surface area (Å²) in [7, 11) is 1.43. The molecule has 5 nitrogen and oxygen atoms in total. The van der Waals surface area contributed by atoms with Crippen molar-refractivity contribution in [1.82, 2.24) is 4.90 Å². The van der Waals surface area contributed by atoms with Gasteiger partial charge in [-0.1, -0.05) is 25.2 Å². The standard InChI is InChI=1S/C13H18N2O3S/c1-3-7-15(8-11(14)19)13(17)9-5-4-6-10(18-2)12(9)16/h4-6,16H,3,7-8H2,1-2H3,(H2,14,19). The minimum atomic E-state index is -0.314. The van der Waals surface area contributed by atoms with Crippen molar-refractivity contribution in [2.75, 3.05) is 20.2 Å². The maximum Gasteiger partial charge on any atom is 0.258 e. The van der Waals surface area contributed by atoms with Crippen LogP contribution in [0.3, 0.4) is 0 Å². The van der Waals surface area contributed by atoms with Gasteiger partial charge >= 0.3 is 0 Å². The number of amides is 1. The van der Waals surface area contributed by atoms with Crippen LogP contribution < -0.4 is 10.5 Å². The van der Waals surface area contributed by atoms with Gasteiger partial charge in [0, 0.05) is 6.54 Å². The third-order valence-electron chi connectivity index (χ3n) is 2.58. The van der Waals surface area contributed by atoms with Crippen LogP contribution in [-0.4, -0.2) is 41.1 Å². The van der Waals surface area contributed by atoms with Gasteiger partial charge in [-0.3, -0.25) is 4.79 Å². The van der Waals surface area contributed by atoms with Crippen LogP contribution in [0.25, 0.3) is 0 Å². The summed E-state index contributed by atoms with van der Waals surface area (Å²) in [5, 5.41) is 9.97. The van der Waals surface area contributed by atoms with Crippen LogP contribution in [0.15, 0.2) is 18.2 Å². The lowest BCUT2D eigenvalue weighted by molar-refractivity contribution is 0.0776. The van der Waals surface area contributed by atoms with E-state index in [4.69, 9.17) is 22.7 Å². The molecule has 0 bridgehead atoms. The molecule has 0 heterocycles. The van der Waals surface area contributed by atoms with Crippen LogP contribution >= 0.6 is 12.2 Å². The van der Waals surface area contributed by atoms with Crippen LogP contribution in [0.1, 0.15) is 23.7 Å². The van der Waals surface area contributed by atoms with Gasteiger partial charge in [0.25, 0.3) is 5.91 Å². The number of phenols is 1. The van der Waals surface area contributed by atoms with Gasteiger partial charge in [-0.15, -0.1) is 0 Å². The maximum atomic E-state index is 12.4. The highest BCUT2D eigenvalue weighted by molar-refractivity contribution is 7.80. The first kappa shape index (κ1) is 15.2. The minimum Gasteiger partial charge on any atom is -0.504 e. The van der Waals surface area contributed by atoms with Crippen LogP contribution in [0, 0.1) is 0 Å². The number of benzene rings is 1. The van der Waals surface area contributed by atoms with E-state index in [-0.39, 0.29) is 34.5 Å². The lowest BCUT2D eigenvalue weighted by atomic mass is 10.1. The third-order valence-corrected chi connectivity index (χ3v) is 2.71. The Kier molecular flexibility index (Phi) is 5.57. The minimum absolute atomic E-state index is 0.168. The van der Waals surface area contributed by atoms with Crippen molar-refractivity contribution < 1.29 is 14.6 Å². The number of hydrogen-bond acceptors (Lipinski definition) is 4. The van der Waals surface area contributed by atoms with Crippen LogP contribution in [0.2, 0.25) is 0 Å². The Bertz CT molecular complexity index is 477. The molecule has 0 aromatic heterocycles. The summed E-state index contributed by atoms with van der Waals surface area (Å²) in [5.74, 6) is -0.220. The molecule has 1 rings (SSSR count). The normalized spacial score (nSPS) is 10.0. The van der Waals surface area contributed by atoms with E-state index in [0.717, 1.165) is 6.42 Å². The molecule has 6 heteroatoms. The van der Waals surface area contributed by atoms with Crippen molar-refractivity contribution in [2.24, 2.45) is 5.73 Å². The number of phenolic OH excluding ortho intramolecular Hbond substituents is 1. The summed E-state index contributed by atoms with van der Waals surface area (Å²) in [4.78, 5) is 14.1. The van der Waals surface area contributed by atoms with Crippen molar-refractivity contribution >= 4 is 23.1 Å². The van der Waals surface area contributed by atoms with Crippen molar-refractivity contribution in [2.45, 2.75) is 13.3 Å². The first-order chi connectivity index (χ1) is 9.01. The number of methoxy groups -OCH3 is 1. The highest BCUT2D eigenvalue weighted by Crippen LogP contribution is 2.30. The molecule has 0 atom stereocenters. The molecule has 0 aliphatic carbocycles. The van der Waals surface area contributed by atoms with Gasteiger partial charge in [0.05, 0.1) is 24.2 Å². The maximum absolute atomic E-state index is 12.4. The molecule has 3 N–H and O–H groups in total. The number of aromatic hydroxyl groups is 1. The Hall–Kier alpha value is -1.82. The van der Waals surface area contributed by atoms with Gasteiger partial charge in [0.1, 0.15) is 0 Å². The molecular weight excluding hydrogens is 264 g/mol. The molecular formula is C13H18N2O3S. The number of hydrogen-bond donors (Lipinski definition) is 2. The molecule has 1 aromatic carbocycles. The fourth-order valence-electron chi connectivity index (χ4n) is 1.74. The zero-order valence-electron chi connectivity index (χ0n) is 11.0. The largest absolute Gasteiger partial charge is 0.504 e. The second-order valence-electron chi connectivity index (χ2n) is 4.05. The fraction of sp³-hybridized carbons (Fsp3) is 0.385. The molecule has 0 aliphatic heterocycles. The van der Waals surface area contributed by atoms with Gasteiger partial charge < -0.3 is 20.5 Å². The molecule has 0 saturated heterocycles. The SMILES string of the molecule is CCCN(CC(N)=S)C(=O)c1cccc(OC)c1O. The molecule has 1 amide bonds. The van der Waals surface area contributed by atoms with Gasteiger partial charge in [0.15, 0.2) is 11.5 Å². The number of carbonyl (C=O) groups is 1. The fourth-order valence-corrected chi connectivity index (χ4v) is 1.90. The molecule has 0 unspecified atom stereocenters. The summed E-state index contributed by atoms with van der Waals surface area (Å²) in [5.41, 5.74) is 5.67.